The molecule has 0 heterocycles. The molecule has 0 aliphatic rings. The molecule has 2 unspecified atom stereocenters. The maximum atomic E-state index is 11.2. The fraction of sp³-hybridized carbons (Fsp3) is 0.818. The molecule has 0 aliphatic heterocycles. The van der Waals surface area contributed by atoms with Crippen LogP contribution in [-0.4, -0.2) is 69.3 Å². The lowest BCUT2D eigenvalue weighted by Gasteiger charge is -2.34. The third-order valence-corrected chi connectivity index (χ3v) is 5.39. The van der Waals surface area contributed by atoms with E-state index in [1.165, 1.54) is 14.2 Å². The molecule has 2 N–H and O–H groups in total. The highest BCUT2D eigenvalue weighted by atomic mass is 28.3. The number of hydrogen-bond acceptors (Lipinski definition) is 5. The first-order chi connectivity index (χ1) is 8.88. The van der Waals surface area contributed by atoms with Gasteiger partial charge in [0.05, 0.1) is 12.1 Å². The monoisotopic (exact) mass is 293 g/mol. The van der Waals surface area contributed by atoms with E-state index < -0.39 is 33.7 Å². The van der Waals surface area contributed by atoms with Crippen molar-refractivity contribution in [3.63, 3.8) is 0 Å². The molecule has 0 aromatic carbocycles. The van der Waals surface area contributed by atoms with Crippen molar-refractivity contribution in [3.8, 4) is 0 Å². The highest BCUT2D eigenvalue weighted by Gasteiger charge is 2.35. The Bertz CT molecular complexity index is 297. The number of carboxylic acid groups (broad SMARTS) is 2. The molecule has 2 atom stereocenters. The van der Waals surface area contributed by atoms with Crippen molar-refractivity contribution in [2.45, 2.75) is 37.9 Å². The molecule has 7 nitrogen and oxygen atoms in total. The molecular weight excluding hydrogens is 270 g/mol. The molecule has 0 saturated carbocycles. The lowest BCUT2D eigenvalue weighted by Crippen LogP contribution is -2.53. The molecule has 112 valence electrons. The summed E-state index contributed by atoms with van der Waals surface area (Å²) in [4.78, 5) is 23.5. The zero-order chi connectivity index (χ0) is 15.0. The van der Waals surface area contributed by atoms with Gasteiger partial charge in [-0.1, -0.05) is 13.3 Å². The van der Waals surface area contributed by atoms with E-state index in [1.807, 2.05) is 6.92 Å². The topological polar surface area (TPSA) is 96.3 Å². The van der Waals surface area contributed by atoms with Crippen LogP contribution in [0.25, 0.3) is 0 Å². The van der Waals surface area contributed by atoms with E-state index in [0.717, 1.165) is 6.42 Å². The Hall–Kier alpha value is -0.963. The number of rotatable bonds is 10. The van der Waals surface area contributed by atoms with Crippen LogP contribution in [0.1, 0.15) is 26.2 Å². The molecule has 8 heteroatoms. The van der Waals surface area contributed by atoms with Crippen LogP contribution in [0.2, 0.25) is 0 Å². The van der Waals surface area contributed by atoms with Crippen molar-refractivity contribution >= 4 is 21.2 Å². The first-order valence-electron chi connectivity index (χ1n) is 6.11. The Morgan fingerprint density at radius 1 is 1.26 bits per heavy atom. The van der Waals surface area contributed by atoms with Crippen molar-refractivity contribution in [1.82, 2.24) is 4.90 Å². The standard InChI is InChI=1S/C11H23NO6Si/c1-5-6-9(19(17-3)18-4)12(2)8(11(15)16)7-10(13)14/h8-9,19H,5-7H2,1-4H3,(H,13,14)(H,15,16). The van der Waals surface area contributed by atoms with Crippen molar-refractivity contribution < 1.29 is 28.7 Å². The second-order valence-corrected chi connectivity index (χ2v) is 6.76. The van der Waals surface area contributed by atoms with Gasteiger partial charge in [0.2, 0.25) is 0 Å². The fourth-order valence-electron chi connectivity index (χ4n) is 2.04. The smallest absolute Gasteiger partial charge is 0.338 e. The maximum absolute atomic E-state index is 11.2. The van der Waals surface area contributed by atoms with Crippen molar-refractivity contribution in [1.29, 1.82) is 0 Å². The van der Waals surface area contributed by atoms with Crippen LogP contribution in [0.3, 0.4) is 0 Å². The van der Waals surface area contributed by atoms with E-state index in [4.69, 9.17) is 19.1 Å². The van der Waals surface area contributed by atoms with E-state index in [0.29, 0.717) is 6.42 Å². The maximum Gasteiger partial charge on any atom is 0.338 e. The quantitative estimate of drug-likeness (QED) is 0.550. The van der Waals surface area contributed by atoms with Gasteiger partial charge >= 0.3 is 21.2 Å². The second kappa shape index (κ2) is 9.02. The molecule has 0 amide bonds. The molecule has 0 aromatic rings. The third-order valence-electron chi connectivity index (χ3n) is 3.03. The van der Waals surface area contributed by atoms with Crippen LogP contribution >= 0.6 is 0 Å². The minimum Gasteiger partial charge on any atom is -0.481 e. The Balaban J connectivity index is 5.05. The van der Waals surface area contributed by atoms with Gasteiger partial charge in [-0.05, 0) is 13.5 Å². The van der Waals surface area contributed by atoms with Gasteiger partial charge in [-0.25, -0.2) is 0 Å². The van der Waals surface area contributed by atoms with Crippen LogP contribution in [0.5, 0.6) is 0 Å². The molecule has 0 rings (SSSR count). The molecule has 0 fully saturated rings. The number of aliphatic carboxylic acids is 2. The van der Waals surface area contributed by atoms with Crippen molar-refractivity contribution in [3.05, 3.63) is 0 Å². The van der Waals surface area contributed by atoms with Gasteiger partial charge in [-0.3, -0.25) is 14.5 Å². The summed E-state index contributed by atoms with van der Waals surface area (Å²) in [5, 5.41) is 18.0. The number of likely N-dealkylation sites (N-methyl/N-ethyl adjacent to an activating group) is 1. The molecule has 0 saturated heterocycles. The number of carbonyl (C=O) groups is 2. The Morgan fingerprint density at radius 2 is 1.79 bits per heavy atom. The van der Waals surface area contributed by atoms with Gasteiger partial charge in [-0.15, -0.1) is 0 Å². The number of nitrogens with zero attached hydrogens (tertiary/aromatic N) is 1. The van der Waals surface area contributed by atoms with Gasteiger partial charge in [0, 0.05) is 14.2 Å². The van der Waals surface area contributed by atoms with Crippen LogP contribution in [0, 0.1) is 0 Å². The highest BCUT2D eigenvalue weighted by molar-refractivity contribution is 6.46. The van der Waals surface area contributed by atoms with Gasteiger partial charge in [0.1, 0.15) is 6.04 Å². The first kappa shape index (κ1) is 18.0. The average Bonchev–Trinajstić information content (AvgIpc) is 2.35. The normalized spacial score (nSPS) is 14.6. The van der Waals surface area contributed by atoms with E-state index in [1.54, 1.807) is 11.9 Å². The molecule has 19 heavy (non-hydrogen) atoms. The second-order valence-electron chi connectivity index (χ2n) is 4.31. The van der Waals surface area contributed by atoms with Gasteiger partial charge in [0.25, 0.3) is 0 Å². The lowest BCUT2D eigenvalue weighted by atomic mass is 10.1. The highest BCUT2D eigenvalue weighted by Crippen LogP contribution is 2.15. The zero-order valence-electron chi connectivity index (χ0n) is 11.8. The van der Waals surface area contributed by atoms with Gasteiger partial charge in [0.15, 0.2) is 0 Å². The molecule has 0 bridgehead atoms. The predicted molar refractivity (Wildman–Crippen MR) is 71.3 cm³/mol. The Morgan fingerprint density at radius 3 is 2.11 bits per heavy atom. The first-order valence-corrected chi connectivity index (χ1v) is 7.72. The summed E-state index contributed by atoms with van der Waals surface area (Å²) in [7, 11) is 2.62. The van der Waals surface area contributed by atoms with Crippen molar-refractivity contribution in [2.24, 2.45) is 0 Å². The van der Waals surface area contributed by atoms with E-state index in [2.05, 4.69) is 0 Å². The molecule has 0 aliphatic carbocycles. The van der Waals surface area contributed by atoms with Crippen LogP contribution in [-0.2, 0) is 18.4 Å². The summed E-state index contributed by atoms with van der Waals surface area (Å²) in [6, 6.07) is -1.07. The number of carboxylic acids is 2. The van der Waals surface area contributed by atoms with E-state index in [9.17, 15) is 9.59 Å². The summed E-state index contributed by atoms with van der Waals surface area (Å²) in [6.07, 6.45) is 1.10. The fourth-order valence-corrected chi connectivity index (χ4v) is 4.06. The molecule has 0 aromatic heterocycles. The minimum absolute atomic E-state index is 0.180. The third kappa shape index (κ3) is 5.68. The SMILES string of the molecule is CCCC(N(C)C(CC(=O)O)C(=O)O)[SiH](OC)OC. The Kier molecular flexibility index (Phi) is 8.57. The van der Waals surface area contributed by atoms with Gasteiger partial charge in [-0.2, -0.15) is 0 Å². The number of hydrogen-bond donors (Lipinski definition) is 2. The predicted octanol–water partition coefficient (Wildman–Crippen LogP) is 0.0673. The van der Waals surface area contributed by atoms with E-state index in [-0.39, 0.29) is 5.67 Å². The lowest BCUT2D eigenvalue weighted by molar-refractivity contribution is -0.149. The summed E-state index contributed by atoms with van der Waals surface area (Å²) in [5.74, 6) is -2.28. The molecule has 0 radical (unpaired) electrons. The average molecular weight is 293 g/mol. The zero-order valence-corrected chi connectivity index (χ0v) is 13.0. The minimum atomic E-state index is -2.06. The van der Waals surface area contributed by atoms with Crippen LogP contribution in [0.4, 0.5) is 0 Å². The van der Waals surface area contributed by atoms with Gasteiger partial charge < -0.3 is 19.1 Å². The Labute approximate surface area is 115 Å². The summed E-state index contributed by atoms with van der Waals surface area (Å²) < 4.78 is 10.6. The van der Waals surface area contributed by atoms with Crippen molar-refractivity contribution in [2.75, 3.05) is 21.3 Å². The molecule has 0 spiro atoms. The van der Waals surface area contributed by atoms with Crippen LogP contribution < -0.4 is 0 Å². The van der Waals surface area contributed by atoms with E-state index >= 15 is 0 Å². The summed E-state index contributed by atoms with van der Waals surface area (Å²) in [5.41, 5.74) is -0.180. The largest absolute Gasteiger partial charge is 0.481 e. The molecular formula is C11H23NO6Si. The van der Waals surface area contributed by atoms with Crippen LogP contribution in [0.15, 0.2) is 0 Å². The summed E-state index contributed by atoms with van der Waals surface area (Å²) in [6.45, 7) is 1.98. The summed E-state index contributed by atoms with van der Waals surface area (Å²) >= 11 is 0.